The molecule has 1 aliphatic carbocycles. The molecule has 356 valence electrons. The molecule has 15 heteroatoms. The van der Waals surface area contributed by atoms with Crippen molar-refractivity contribution >= 4 is 25.7 Å². The number of phosphoric acid groups is 1. The van der Waals surface area contributed by atoms with Gasteiger partial charge >= 0.3 is 25.7 Å². The van der Waals surface area contributed by atoms with Crippen molar-refractivity contribution in [3.8, 4) is 0 Å². The maximum Gasteiger partial charge on any atom is 0.472 e. The van der Waals surface area contributed by atoms with E-state index in [9.17, 15) is 39.2 Å². The van der Waals surface area contributed by atoms with Crippen molar-refractivity contribution in [1.82, 2.24) is 0 Å². The van der Waals surface area contributed by atoms with Crippen molar-refractivity contribution in [3.05, 3.63) is 24.3 Å². The highest BCUT2D eigenvalue weighted by atomic mass is 31.2. The number of carbonyl (C=O) groups excluding carboxylic acids is 2. The number of aliphatic carboxylic acids is 1. The number of aliphatic hydroxyl groups is 3. The minimum Gasteiger partial charge on any atom is -0.480 e. The molecule has 0 radical (unpaired) electrons. The summed E-state index contributed by atoms with van der Waals surface area (Å²) in [5.41, 5.74) is 5.34. The van der Waals surface area contributed by atoms with E-state index in [-0.39, 0.29) is 31.1 Å². The molecule has 14 nitrogen and oxygen atoms in total. The van der Waals surface area contributed by atoms with Crippen LogP contribution < -0.4 is 5.73 Å². The summed E-state index contributed by atoms with van der Waals surface area (Å²) in [4.78, 5) is 46.3. The first-order chi connectivity index (χ1) is 29.3. The molecule has 0 aromatic carbocycles. The van der Waals surface area contributed by atoms with Gasteiger partial charge in [-0.3, -0.25) is 23.4 Å². The number of rotatable bonds is 40. The number of hydrogen-bond acceptors (Lipinski definition) is 12. The Kier molecular flexibility index (Phi) is 33.7. The van der Waals surface area contributed by atoms with E-state index in [1.54, 1.807) is 6.08 Å². The van der Waals surface area contributed by atoms with Crippen LogP contribution in [0.3, 0.4) is 0 Å². The number of ether oxygens (including phenoxy) is 2. The van der Waals surface area contributed by atoms with E-state index >= 15 is 0 Å². The largest absolute Gasteiger partial charge is 0.480 e. The Labute approximate surface area is 367 Å². The number of hydrogen-bond donors (Lipinski definition) is 6. The lowest BCUT2D eigenvalue weighted by molar-refractivity contribution is -0.161. The van der Waals surface area contributed by atoms with Gasteiger partial charge in [-0.2, -0.15) is 0 Å². The van der Waals surface area contributed by atoms with Crippen molar-refractivity contribution in [2.45, 2.75) is 218 Å². The zero-order valence-electron chi connectivity index (χ0n) is 37.6. The minimum absolute atomic E-state index is 0.0475. The van der Waals surface area contributed by atoms with Crippen LogP contribution in [-0.4, -0.2) is 93.5 Å². The number of esters is 2. The number of allylic oxidation sites excluding steroid dienone is 2. The third kappa shape index (κ3) is 30.5. The Bertz CT molecular complexity index is 1250. The predicted octanol–water partition coefficient (Wildman–Crippen LogP) is 9.00. The fourth-order valence-electron chi connectivity index (χ4n) is 7.47. The summed E-state index contributed by atoms with van der Waals surface area (Å²) in [7, 11) is -4.78. The van der Waals surface area contributed by atoms with Gasteiger partial charge in [0.2, 0.25) is 0 Å². The van der Waals surface area contributed by atoms with Crippen molar-refractivity contribution in [1.29, 1.82) is 0 Å². The molecule has 0 heterocycles. The van der Waals surface area contributed by atoms with Gasteiger partial charge in [-0.15, -0.1) is 0 Å². The predicted molar refractivity (Wildman–Crippen MR) is 237 cm³/mol. The lowest BCUT2D eigenvalue weighted by Crippen LogP contribution is -2.34. The second kappa shape index (κ2) is 36.2. The van der Waals surface area contributed by atoms with Gasteiger partial charge in [-0.1, -0.05) is 160 Å². The number of carbonyl (C=O) groups is 3. The summed E-state index contributed by atoms with van der Waals surface area (Å²) in [6, 6.07) is -1.56. The van der Waals surface area contributed by atoms with Crippen LogP contribution in [0.4, 0.5) is 0 Å². The molecular weight excluding hydrogens is 805 g/mol. The minimum atomic E-state index is -4.78. The van der Waals surface area contributed by atoms with Gasteiger partial charge in [0.05, 0.1) is 31.5 Å². The molecule has 0 amide bonds. The quantitative estimate of drug-likeness (QED) is 0.0146. The Morgan fingerprint density at radius 1 is 0.705 bits per heavy atom. The highest BCUT2D eigenvalue weighted by Gasteiger charge is 2.39. The molecule has 0 bridgehead atoms. The zero-order chi connectivity index (χ0) is 45.1. The van der Waals surface area contributed by atoms with Gasteiger partial charge in [0.1, 0.15) is 12.6 Å². The standard InChI is InChI=1S/C46H84NO13P/c1-3-5-7-8-9-10-11-12-13-14-15-16-17-18-19-20-26-30-45(52)60-38(35-58-61(55,56)59-36-41(47)46(53)54)34-57-44(51)29-25-22-21-24-28-39-40(43(50)33-42(39)49)32-31-37(48)27-23-6-4-2/h21,24,31-32,37-43,48-50H,3-20,22-23,25-30,33-36,47H2,1-2H3,(H,53,54)(H,55,56)/b24-21+,32-31+/t37-,38+,39+,40+,41-,42-,43+/m0/s1. The van der Waals surface area contributed by atoms with Crippen LogP contribution in [0.15, 0.2) is 24.3 Å². The number of phosphoric ester groups is 1. The van der Waals surface area contributed by atoms with E-state index in [2.05, 4.69) is 18.4 Å². The molecule has 8 atom stereocenters. The van der Waals surface area contributed by atoms with Crippen LogP contribution in [0.2, 0.25) is 0 Å². The molecule has 61 heavy (non-hydrogen) atoms. The molecule has 0 spiro atoms. The van der Waals surface area contributed by atoms with Crippen molar-refractivity contribution in [3.63, 3.8) is 0 Å². The smallest absolute Gasteiger partial charge is 0.472 e. The SMILES string of the molecule is CCCCCCCCCCCCCCCCCCCC(=O)O[C@H](COC(=O)CCC/C=C/C[C@@H]1[C@@H](/C=C/[C@@H](O)CCCCC)[C@H](O)C[C@@H]1O)COP(=O)(O)OC[C@H](N)C(=O)O. The average Bonchev–Trinajstić information content (AvgIpc) is 3.49. The third-order valence-corrected chi connectivity index (χ3v) is 12.2. The molecule has 1 saturated carbocycles. The van der Waals surface area contributed by atoms with E-state index in [4.69, 9.17) is 24.8 Å². The monoisotopic (exact) mass is 890 g/mol. The Morgan fingerprint density at radius 3 is 1.80 bits per heavy atom. The van der Waals surface area contributed by atoms with E-state index in [1.165, 1.54) is 83.5 Å². The average molecular weight is 890 g/mol. The van der Waals surface area contributed by atoms with Crippen LogP contribution in [0.5, 0.6) is 0 Å². The second-order valence-corrected chi connectivity index (χ2v) is 18.3. The van der Waals surface area contributed by atoms with E-state index < -0.39 is 76.0 Å². The van der Waals surface area contributed by atoms with Gasteiger partial charge in [-0.05, 0) is 38.0 Å². The first-order valence-corrected chi connectivity index (χ1v) is 25.1. The number of aliphatic hydroxyl groups excluding tert-OH is 3. The third-order valence-electron chi connectivity index (χ3n) is 11.3. The van der Waals surface area contributed by atoms with Gasteiger partial charge in [0.25, 0.3) is 0 Å². The molecular formula is C46H84NO13P. The van der Waals surface area contributed by atoms with Gasteiger partial charge < -0.3 is 40.5 Å². The highest BCUT2D eigenvalue weighted by Crippen LogP contribution is 2.43. The molecule has 1 fully saturated rings. The lowest BCUT2D eigenvalue weighted by Gasteiger charge is -2.20. The van der Waals surface area contributed by atoms with E-state index in [0.717, 1.165) is 38.5 Å². The van der Waals surface area contributed by atoms with Crippen LogP contribution in [0.25, 0.3) is 0 Å². The van der Waals surface area contributed by atoms with Crippen molar-refractivity contribution in [2.75, 3.05) is 19.8 Å². The lowest BCUT2D eigenvalue weighted by atomic mass is 9.89. The summed E-state index contributed by atoms with van der Waals surface area (Å²) in [6.45, 7) is 2.48. The molecule has 0 aromatic rings. The summed E-state index contributed by atoms with van der Waals surface area (Å²) in [5.74, 6) is -3.04. The number of carboxylic acids is 1. The van der Waals surface area contributed by atoms with E-state index in [0.29, 0.717) is 32.1 Å². The fourth-order valence-corrected chi connectivity index (χ4v) is 8.25. The van der Waals surface area contributed by atoms with Gasteiger partial charge in [-0.25, -0.2) is 4.57 Å². The van der Waals surface area contributed by atoms with Crippen LogP contribution >= 0.6 is 7.82 Å². The van der Waals surface area contributed by atoms with Crippen LogP contribution in [0, 0.1) is 11.8 Å². The summed E-state index contributed by atoms with van der Waals surface area (Å²) >= 11 is 0. The normalized spacial score (nSPS) is 20.5. The molecule has 0 saturated heterocycles. The highest BCUT2D eigenvalue weighted by molar-refractivity contribution is 7.47. The molecule has 1 unspecified atom stereocenters. The first-order valence-electron chi connectivity index (χ1n) is 23.6. The van der Waals surface area contributed by atoms with Crippen molar-refractivity contribution in [2.24, 2.45) is 17.6 Å². The van der Waals surface area contributed by atoms with E-state index in [1.807, 2.05) is 18.2 Å². The summed E-state index contributed by atoms with van der Waals surface area (Å²) < 4.78 is 32.7. The fraction of sp³-hybridized carbons (Fsp3) is 0.848. The Hall–Kier alpha value is -2.16. The van der Waals surface area contributed by atoms with Gasteiger partial charge in [0, 0.05) is 25.2 Å². The number of nitrogens with two attached hydrogens (primary N) is 1. The summed E-state index contributed by atoms with van der Waals surface area (Å²) in [6.07, 6.45) is 30.5. The van der Waals surface area contributed by atoms with Crippen molar-refractivity contribution < 1.29 is 62.8 Å². The number of carboxylic acid groups (broad SMARTS) is 1. The molecule has 0 aromatic heterocycles. The topological polar surface area (TPSA) is 232 Å². The van der Waals surface area contributed by atoms with Crippen LogP contribution in [0.1, 0.15) is 187 Å². The molecule has 7 N–H and O–H groups in total. The Balaban J connectivity index is 2.45. The first kappa shape index (κ1) is 56.9. The molecule has 1 rings (SSSR count). The Morgan fingerprint density at radius 2 is 1.23 bits per heavy atom. The maximum atomic E-state index is 12.7. The van der Waals surface area contributed by atoms with Crippen LogP contribution in [-0.2, 0) is 37.5 Å². The maximum absolute atomic E-state index is 12.7. The molecule has 0 aliphatic heterocycles. The van der Waals surface area contributed by atoms with Gasteiger partial charge in [0.15, 0.2) is 6.10 Å². The zero-order valence-corrected chi connectivity index (χ0v) is 38.5. The molecule has 1 aliphatic rings. The summed E-state index contributed by atoms with van der Waals surface area (Å²) in [5, 5.41) is 40.2. The second-order valence-electron chi connectivity index (χ2n) is 16.9. The number of unbranched alkanes of at least 4 members (excludes halogenated alkanes) is 19.